The Kier molecular flexibility index (Phi) is 2.25. The molecular weight excluding hydrogens is 206 g/mol. The summed E-state index contributed by atoms with van der Waals surface area (Å²) in [7, 11) is 0. The summed E-state index contributed by atoms with van der Waals surface area (Å²) in [5.41, 5.74) is 0.559. The molecule has 0 spiro atoms. The van der Waals surface area contributed by atoms with E-state index in [4.69, 9.17) is 4.74 Å². The average Bonchev–Trinajstić information content (AvgIpc) is 2.76. The summed E-state index contributed by atoms with van der Waals surface area (Å²) in [4.78, 5) is 15.9. The number of H-pyrrole nitrogens is 1. The van der Waals surface area contributed by atoms with Gasteiger partial charge >= 0.3 is 0 Å². The van der Waals surface area contributed by atoms with E-state index in [2.05, 4.69) is 10.1 Å². The molecule has 0 aromatic carbocycles. The third kappa shape index (κ3) is 1.53. The van der Waals surface area contributed by atoms with Gasteiger partial charge in [0.25, 0.3) is 5.56 Å². The monoisotopic (exact) mass is 219 g/mol. The lowest BCUT2D eigenvalue weighted by Crippen LogP contribution is -2.15. The van der Waals surface area contributed by atoms with Crippen LogP contribution in [0.3, 0.4) is 0 Å². The van der Waals surface area contributed by atoms with Crippen LogP contribution in [0.4, 0.5) is 0 Å². The number of nitrogens with one attached hydrogen (secondary N) is 1. The third-order valence-electron chi connectivity index (χ3n) is 2.88. The van der Waals surface area contributed by atoms with Crippen molar-refractivity contribution >= 4 is 5.65 Å². The zero-order valence-electron chi connectivity index (χ0n) is 8.85. The molecule has 2 aromatic rings. The van der Waals surface area contributed by atoms with E-state index in [1.54, 1.807) is 6.07 Å². The molecule has 0 amide bonds. The second-order valence-electron chi connectivity index (χ2n) is 4.02. The molecule has 0 bridgehead atoms. The minimum atomic E-state index is -0.0907. The van der Waals surface area contributed by atoms with Crippen molar-refractivity contribution in [3.05, 3.63) is 34.4 Å². The van der Waals surface area contributed by atoms with E-state index in [0.29, 0.717) is 5.65 Å². The molecule has 5 nitrogen and oxygen atoms in total. The molecule has 84 valence electrons. The Morgan fingerprint density at radius 2 is 2.38 bits per heavy atom. The Bertz CT molecular complexity index is 552. The number of ether oxygens (including phenoxy) is 1. The van der Waals surface area contributed by atoms with Crippen LogP contribution in [0.25, 0.3) is 5.65 Å². The summed E-state index contributed by atoms with van der Waals surface area (Å²) < 4.78 is 7.08. The molecule has 3 rings (SSSR count). The number of fused-ring (bicyclic) bond motifs is 1. The summed E-state index contributed by atoms with van der Waals surface area (Å²) in [6, 6.07) is 5.03. The second-order valence-corrected chi connectivity index (χ2v) is 4.02. The maximum Gasteiger partial charge on any atom is 0.271 e. The van der Waals surface area contributed by atoms with Crippen molar-refractivity contribution in [2.45, 2.75) is 25.4 Å². The van der Waals surface area contributed by atoms with Crippen LogP contribution < -0.4 is 5.56 Å². The van der Waals surface area contributed by atoms with Gasteiger partial charge in [-0.15, -0.1) is 0 Å². The Labute approximate surface area is 92.1 Å². The van der Waals surface area contributed by atoms with Crippen molar-refractivity contribution in [1.82, 2.24) is 14.6 Å². The second kappa shape index (κ2) is 3.75. The largest absolute Gasteiger partial charge is 0.370 e. The normalized spacial score (nSPS) is 21.4. The number of aromatic nitrogens is 3. The first-order valence-corrected chi connectivity index (χ1v) is 5.54. The van der Waals surface area contributed by atoms with Gasteiger partial charge in [0.1, 0.15) is 6.10 Å². The molecule has 1 aliphatic heterocycles. The number of pyridine rings is 1. The molecule has 1 unspecified atom stereocenters. The van der Waals surface area contributed by atoms with Crippen molar-refractivity contribution in [3.63, 3.8) is 0 Å². The predicted molar refractivity (Wildman–Crippen MR) is 58.4 cm³/mol. The molecule has 1 atom stereocenters. The van der Waals surface area contributed by atoms with Crippen LogP contribution >= 0.6 is 0 Å². The molecule has 1 aliphatic rings. The van der Waals surface area contributed by atoms with Gasteiger partial charge in [-0.2, -0.15) is 0 Å². The lowest BCUT2D eigenvalue weighted by Gasteiger charge is -2.19. The summed E-state index contributed by atoms with van der Waals surface area (Å²) >= 11 is 0. The van der Waals surface area contributed by atoms with Gasteiger partial charge in [0.2, 0.25) is 0 Å². The molecule has 16 heavy (non-hydrogen) atoms. The molecule has 0 radical (unpaired) electrons. The van der Waals surface area contributed by atoms with E-state index in [1.165, 1.54) is 10.6 Å². The molecule has 2 aromatic heterocycles. The van der Waals surface area contributed by atoms with Crippen LogP contribution in [-0.2, 0) is 4.74 Å². The van der Waals surface area contributed by atoms with E-state index >= 15 is 0 Å². The topological polar surface area (TPSA) is 59.4 Å². The lowest BCUT2D eigenvalue weighted by molar-refractivity contribution is 0.00960. The number of nitrogens with zero attached hydrogens (tertiary/aromatic N) is 2. The zero-order valence-corrected chi connectivity index (χ0v) is 8.85. The van der Waals surface area contributed by atoms with Gasteiger partial charge in [0.15, 0.2) is 11.5 Å². The molecular formula is C11H13N3O2. The van der Waals surface area contributed by atoms with Gasteiger partial charge in [0.05, 0.1) is 0 Å². The van der Waals surface area contributed by atoms with Crippen molar-refractivity contribution in [2.24, 2.45) is 0 Å². The minimum Gasteiger partial charge on any atom is -0.370 e. The Morgan fingerprint density at radius 1 is 1.44 bits per heavy atom. The molecule has 1 fully saturated rings. The van der Waals surface area contributed by atoms with Crippen molar-refractivity contribution < 1.29 is 4.74 Å². The number of rotatable bonds is 1. The SMILES string of the molecule is O=c1cccc2nc(C3CCCCO3)[nH]n12. The number of hydrogen-bond acceptors (Lipinski definition) is 3. The van der Waals surface area contributed by atoms with E-state index in [-0.39, 0.29) is 11.7 Å². The van der Waals surface area contributed by atoms with Crippen LogP contribution in [0.1, 0.15) is 31.2 Å². The number of hydrogen-bond donors (Lipinski definition) is 1. The highest BCUT2D eigenvalue weighted by molar-refractivity contribution is 5.36. The fourth-order valence-electron chi connectivity index (χ4n) is 2.04. The van der Waals surface area contributed by atoms with Crippen LogP contribution in [0.5, 0.6) is 0 Å². The smallest absolute Gasteiger partial charge is 0.271 e. The predicted octanol–water partition coefficient (Wildman–Crippen LogP) is 1.26. The average molecular weight is 219 g/mol. The zero-order chi connectivity index (χ0) is 11.0. The van der Waals surface area contributed by atoms with Crippen molar-refractivity contribution in [1.29, 1.82) is 0 Å². The first kappa shape index (κ1) is 9.59. The fourth-order valence-corrected chi connectivity index (χ4v) is 2.04. The van der Waals surface area contributed by atoms with Gasteiger partial charge in [0, 0.05) is 12.7 Å². The summed E-state index contributed by atoms with van der Waals surface area (Å²) in [6.45, 7) is 0.774. The standard InChI is InChI=1S/C11H13N3O2/c15-10-6-3-5-9-12-11(13-14(9)10)8-4-1-2-7-16-8/h3,5-6,8H,1-2,4,7H2,(H,12,13). The Balaban J connectivity index is 2.04. The molecule has 0 aliphatic carbocycles. The van der Waals surface area contributed by atoms with Crippen LogP contribution in [0.15, 0.2) is 23.0 Å². The van der Waals surface area contributed by atoms with Gasteiger partial charge < -0.3 is 4.74 Å². The first-order valence-electron chi connectivity index (χ1n) is 5.54. The Hall–Kier alpha value is -1.62. The highest BCUT2D eigenvalue weighted by atomic mass is 16.5. The van der Waals surface area contributed by atoms with Crippen molar-refractivity contribution in [2.75, 3.05) is 6.61 Å². The number of aromatic amines is 1. The molecule has 5 heteroatoms. The summed E-state index contributed by atoms with van der Waals surface area (Å²) in [5.74, 6) is 0.753. The summed E-state index contributed by atoms with van der Waals surface area (Å²) in [5, 5.41) is 3.00. The fraction of sp³-hybridized carbons (Fsp3) is 0.455. The van der Waals surface area contributed by atoms with Gasteiger partial charge in [-0.05, 0) is 25.3 Å². The Morgan fingerprint density at radius 3 is 3.12 bits per heavy atom. The molecule has 0 saturated carbocycles. The van der Waals surface area contributed by atoms with Crippen molar-refractivity contribution in [3.8, 4) is 0 Å². The van der Waals surface area contributed by atoms with Gasteiger partial charge in [-0.1, -0.05) is 6.07 Å². The molecule has 3 heterocycles. The summed E-state index contributed by atoms with van der Waals surface area (Å²) in [6.07, 6.45) is 3.23. The minimum absolute atomic E-state index is 0.00745. The van der Waals surface area contributed by atoms with E-state index in [9.17, 15) is 4.79 Å². The molecule has 1 saturated heterocycles. The quantitative estimate of drug-likeness (QED) is 0.785. The van der Waals surface area contributed by atoms with E-state index in [0.717, 1.165) is 31.7 Å². The van der Waals surface area contributed by atoms with Crippen LogP contribution in [0.2, 0.25) is 0 Å². The molecule has 1 N–H and O–H groups in total. The first-order chi connectivity index (χ1) is 7.84. The lowest BCUT2D eigenvalue weighted by atomic mass is 10.1. The highest BCUT2D eigenvalue weighted by Gasteiger charge is 2.19. The third-order valence-corrected chi connectivity index (χ3v) is 2.88. The highest BCUT2D eigenvalue weighted by Crippen LogP contribution is 2.25. The van der Waals surface area contributed by atoms with E-state index < -0.39 is 0 Å². The van der Waals surface area contributed by atoms with E-state index in [1.807, 2.05) is 6.07 Å². The maximum atomic E-state index is 11.5. The van der Waals surface area contributed by atoms with Gasteiger partial charge in [-0.25, -0.2) is 9.50 Å². The van der Waals surface area contributed by atoms with Crippen LogP contribution in [-0.4, -0.2) is 21.2 Å². The van der Waals surface area contributed by atoms with Gasteiger partial charge in [-0.3, -0.25) is 9.89 Å². The van der Waals surface area contributed by atoms with Crippen LogP contribution in [0, 0.1) is 0 Å². The maximum absolute atomic E-state index is 11.5.